The molecule has 8 nitrogen and oxygen atoms in total. The van der Waals surface area contributed by atoms with E-state index in [-0.39, 0.29) is 18.2 Å². The molecule has 0 amide bonds. The molecule has 0 unspecified atom stereocenters. The minimum Gasteiger partial charge on any atom is -0.379 e. The van der Waals surface area contributed by atoms with Crippen LogP contribution in [-0.2, 0) is 11.3 Å². The number of morpholine rings is 1. The largest absolute Gasteiger partial charge is 0.379 e. The third-order valence-electron chi connectivity index (χ3n) is 3.60. The molecule has 0 atom stereocenters. The maximum atomic E-state index is 10.9. The molecule has 1 aromatic rings. The number of aromatic nitrogens is 2. The van der Waals surface area contributed by atoms with Gasteiger partial charge in [0.2, 0.25) is 0 Å². The van der Waals surface area contributed by atoms with Crippen LogP contribution in [0.25, 0.3) is 0 Å². The molecule has 1 aliphatic rings. The summed E-state index contributed by atoms with van der Waals surface area (Å²) in [6.07, 6.45) is 2.41. The maximum Gasteiger partial charge on any atom is 0.342 e. The van der Waals surface area contributed by atoms with Crippen LogP contribution in [0.1, 0.15) is 19.7 Å². The predicted molar refractivity (Wildman–Crippen MR) is 92.7 cm³/mol. The fourth-order valence-electron chi connectivity index (χ4n) is 2.36. The highest BCUT2D eigenvalue weighted by Crippen LogP contribution is 2.14. The fraction of sp³-hybridized carbons (Fsp3) is 0.786. The van der Waals surface area contributed by atoms with E-state index in [0.29, 0.717) is 12.4 Å². The maximum absolute atomic E-state index is 10.9. The van der Waals surface area contributed by atoms with E-state index in [9.17, 15) is 10.1 Å². The lowest BCUT2D eigenvalue weighted by Gasteiger charge is -2.26. The number of hydrogen-bond acceptors (Lipinski definition) is 7. The topological polar surface area (TPSA) is 85.5 Å². The normalized spacial score (nSPS) is 15.3. The first-order chi connectivity index (χ1) is 10.7. The second kappa shape index (κ2) is 10.6. The molecule has 0 bridgehead atoms. The summed E-state index contributed by atoms with van der Waals surface area (Å²) in [5, 5.41) is 10.9. The third kappa shape index (κ3) is 6.46. The van der Waals surface area contributed by atoms with Crippen LogP contribution in [0.2, 0.25) is 0 Å². The Morgan fingerprint density at radius 2 is 2.17 bits per heavy atom. The van der Waals surface area contributed by atoms with Gasteiger partial charge < -0.3 is 14.9 Å². The van der Waals surface area contributed by atoms with E-state index in [1.54, 1.807) is 23.4 Å². The first kappa shape index (κ1) is 19.9. The molecular formula is C14H27N5O3S. The van der Waals surface area contributed by atoms with Crippen LogP contribution in [-0.4, -0.2) is 64.5 Å². The number of imidazole rings is 1. The lowest BCUT2D eigenvalue weighted by molar-refractivity contribution is -0.392. The van der Waals surface area contributed by atoms with Crippen molar-refractivity contribution >= 4 is 17.8 Å². The number of hydrogen-bond donors (Lipinski definition) is 1. The summed E-state index contributed by atoms with van der Waals surface area (Å²) in [7, 11) is 0. The van der Waals surface area contributed by atoms with Gasteiger partial charge in [-0.1, -0.05) is 19.4 Å². The van der Waals surface area contributed by atoms with Gasteiger partial charge >= 0.3 is 5.82 Å². The Morgan fingerprint density at radius 1 is 1.43 bits per heavy atom. The van der Waals surface area contributed by atoms with Crippen molar-refractivity contribution in [2.24, 2.45) is 0 Å². The van der Waals surface area contributed by atoms with Crippen LogP contribution in [0.4, 0.5) is 5.82 Å². The molecular weight excluding hydrogens is 318 g/mol. The molecule has 2 rings (SSSR count). The molecule has 1 aromatic heterocycles. The SMILES string of the molecule is C.Cc1ncc([N+](=O)[O-])n1CCSNCCCN1CCOCC1. The minimum absolute atomic E-state index is 0. The third-order valence-corrected chi connectivity index (χ3v) is 4.39. The summed E-state index contributed by atoms with van der Waals surface area (Å²) in [5.74, 6) is 1.51. The van der Waals surface area contributed by atoms with Gasteiger partial charge in [-0.25, -0.2) is 9.55 Å². The van der Waals surface area contributed by atoms with Crippen LogP contribution >= 0.6 is 11.9 Å². The van der Waals surface area contributed by atoms with Gasteiger partial charge in [0, 0.05) is 32.3 Å². The van der Waals surface area contributed by atoms with E-state index >= 15 is 0 Å². The highest BCUT2D eigenvalue weighted by molar-refractivity contribution is 7.97. The van der Waals surface area contributed by atoms with Gasteiger partial charge in [0.05, 0.1) is 13.2 Å². The Hall–Kier alpha value is -1.16. The molecule has 9 heteroatoms. The molecule has 1 fully saturated rings. The Morgan fingerprint density at radius 3 is 2.87 bits per heavy atom. The minimum atomic E-state index is -0.388. The van der Waals surface area contributed by atoms with Gasteiger partial charge in [0.25, 0.3) is 0 Å². The Kier molecular flexibility index (Phi) is 9.15. The smallest absolute Gasteiger partial charge is 0.342 e. The van der Waals surface area contributed by atoms with Crippen LogP contribution in [0.15, 0.2) is 6.20 Å². The van der Waals surface area contributed by atoms with Crippen molar-refractivity contribution < 1.29 is 9.66 Å². The van der Waals surface area contributed by atoms with Gasteiger partial charge in [-0.05, 0) is 17.9 Å². The van der Waals surface area contributed by atoms with Gasteiger partial charge in [0.15, 0.2) is 5.82 Å². The Bertz CT molecular complexity index is 477. The molecule has 0 radical (unpaired) electrons. The van der Waals surface area contributed by atoms with Gasteiger partial charge in [0.1, 0.15) is 12.7 Å². The van der Waals surface area contributed by atoms with Gasteiger partial charge in [-0.15, -0.1) is 0 Å². The Balaban J connectivity index is 0.00000264. The molecule has 0 spiro atoms. The van der Waals surface area contributed by atoms with Crippen molar-refractivity contribution in [2.45, 2.75) is 27.3 Å². The second-order valence-electron chi connectivity index (χ2n) is 5.12. The predicted octanol–water partition coefficient (Wildman–Crippen LogP) is 1.70. The van der Waals surface area contributed by atoms with Crippen LogP contribution in [0.3, 0.4) is 0 Å². The number of nitrogens with zero attached hydrogens (tertiary/aromatic N) is 4. The van der Waals surface area contributed by atoms with E-state index in [4.69, 9.17) is 4.74 Å². The zero-order valence-electron chi connectivity index (χ0n) is 12.9. The van der Waals surface area contributed by atoms with E-state index in [1.165, 1.54) is 6.20 Å². The standard InChI is InChI=1S/C13H23N5O3S.CH4/c1-12-14-11-13(18(19)20)17(12)7-10-22-15-3-2-4-16-5-8-21-9-6-16;/h11,15H,2-10H2,1H3;1H4. The molecule has 23 heavy (non-hydrogen) atoms. The van der Waals surface area contributed by atoms with E-state index in [0.717, 1.165) is 51.6 Å². The van der Waals surface area contributed by atoms with Crippen molar-refractivity contribution in [3.63, 3.8) is 0 Å². The lowest BCUT2D eigenvalue weighted by Crippen LogP contribution is -2.37. The molecule has 0 aliphatic carbocycles. The number of aryl methyl sites for hydroxylation is 1. The summed E-state index contributed by atoms with van der Waals surface area (Å²) in [5.41, 5.74) is 0. The fourth-order valence-corrected chi connectivity index (χ4v) is 3.07. The molecule has 1 N–H and O–H groups in total. The molecule has 1 aliphatic heterocycles. The molecule has 2 heterocycles. The summed E-state index contributed by atoms with van der Waals surface area (Å²) in [6, 6.07) is 0. The molecule has 0 saturated carbocycles. The summed E-state index contributed by atoms with van der Waals surface area (Å²) in [4.78, 5) is 16.9. The van der Waals surface area contributed by atoms with Gasteiger partial charge in [-0.3, -0.25) is 9.62 Å². The zero-order chi connectivity index (χ0) is 15.8. The van der Waals surface area contributed by atoms with Crippen LogP contribution in [0.5, 0.6) is 0 Å². The molecule has 1 saturated heterocycles. The van der Waals surface area contributed by atoms with Crippen molar-refractivity contribution in [1.29, 1.82) is 0 Å². The van der Waals surface area contributed by atoms with Gasteiger partial charge in [-0.2, -0.15) is 0 Å². The highest BCUT2D eigenvalue weighted by Gasteiger charge is 2.16. The number of ether oxygens (including phenoxy) is 1. The van der Waals surface area contributed by atoms with Crippen molar-refractivity contribution in [1.82, 2.24) is 19.2 Å². The quantitative estimate of drug-likeness (QED) is 0.315. The number of nitro groups is 1. The number of rotatable bonds is 9. The van der Waals surface area contributed by atoms with Crippen molar-refractivity contribution in [2.75, 3.05) is 45.1 Å². The van der Waals surface area contributed by atoms with Crippen molar-refractivity contribution in [3.8, 4) is 0 Å². The lowest BCUT2D eigenvalue weighted by atomic mass is 10.3. The Labute approximate surface area is 141 Å². The second-order valence-corrected chi connectivity index (χ2v) is 6.11. The average molecular weight is 345 g/mol. The average Bonchev–Trinajstić information content (AvgIpc) is 2.89. The summed E-state index contributed by atoms with van der Waals surface area (Å²) >= 11 is 1.60. The van der Waals surface area contributed by atoms with E-state index in [2.05, 4.69) is 14.6 Å². The molecule has 0 aromatic carbocycles. The van der Waals surface area contributed by atoms with E-state index < -0.39 is 0 Å². The highest BCUT2D eigenvalue weighted by atomic mass is 32.2. The zero-order valence-corrected chi connectivity index (χ0v) is 13.7. The summed E-state index contributed by atoms with van der Waals surface area (Å²) in [6.45, 7) is 8.12. The number of nitrogens with one attached hydrogen (secondary N) is 1. The first-order valence-electron chi connectivity index (χ1n) is 7.50. The van der Waals surface area contributed by atoms with E-state index in [1.807, 2.05) is 0 Å². The first-order valence-corrected chi connectivity index (χ1v) is 8.48. The van der Waals surface area contributed by atoms with Crippen molar-refractivity contribution in [3.05, 3.63) is 22.1 Å². The van der Waals surface area contributed by atoms with Crippen LogP contribution < -0.4 is 4.72 Å². The monoisotopic (exact) mass is 345 g/mol. The summed E-state index contributed by atoms with van der Waals surface area (Å²) < 4.78 is 10.3. The molecule has 132 valence electrons. The van der Waals surface area contributed by atoms with Crippen LogP contribution in [0, 0.1) is 17.0 Å².